The molecule has 0 unspecified atom stereocenters. The maximum atomic E-state index is 12.3. The van der Waals surface area contributed by atoms with Crippen LogP contribution in [0.5, 0.6) is 0 Å². The number of aromatic nitrogens is 3. The van der Waals surface area contributed by atoms with E-state index in [4.69, 9.17) is 0 Å². The topological polar surface area (TPSA) is 51.0 Å². The molecule has 0 bridgehead atoms. The van der Waals surface area contributed by atoms with Crippen molar-refractivity contribution in [3.8, 4) is 5.69 Å². The smallest absolute Gasteiger partial charge is 0.253 e. The molecule has 1 amide bonds. The van der Waals surface area contributed by atoms with Crippen molar-refractivity contribution in [2.75, 3.05) is 13.1 Å². The number of nitrogens with zero attached hydrogens (tertiary/aromatic N) is 4. The molecule has 1 fully saturated rings. The minimum atomic E-state index is 0.129. The molecule has 5 heteroatoms. The number of carbonyl (C=O) groups is 1. The molecule has 0 N–H and O–H groups in total. The van der Waals surface area contributed by atoms with Crippen molar-refractivity contribution in [2.24, 2.45) is 0 Å². The van der Waals surface area contributed by atoms with E-state index in [0.29, 0.717) is 0 Å². The van der Waals surface area contributed by atoms with Crippen molar-refractivity contribution in [1.82, 2.24) is 19.7 Å². The predicted octanol–water partition coefficient (Wildman–Crippen LogP) is 1.89. The lowest BCUT2D eigenvalue weighted by molar-refractivity contribution is 0.0724. The highest BCUT2D eigenvalue weighted by Gasteiger charge is 2.17. The molecule has 3 rings (SSSR count). The van der Waals surface area contributed by atoms with Crippen LogP contribution in [0.1, 0.15) is 29.6 Å². The number of hydrogen-bond donors (Lipinski definition) is 0. The summed E-state index contributed by atoms with van der Waals surface area (Å²) in [6.07, 6.45) is 6.59. The van der Waals surface area contributed by atoms with Crippen LogP contribution in [-0.2, 0) is 0 Å². The third-order valence-corrected chi connectivity index (χ3v) is 3.44. The highest BCUT2D eigenvalue weighted by Crippen LogP contribution is 2.14. The summed E-state index contributed by atoms with van der Waals surface area (Å²) < 4.78 is 1.68. The number of benzene rings is 1. The van der Waals surface area contributed by atoms with E-state index in [2.05, 4.69) is 10.1 Å². The molecule has 1 aliphatic heterocycles. The quantitative estimate of drug-likeness (QED) is 0.824. The van der Waals surface area contributed by atoms with Crippen molar-refractivity contribution in [3.63, 3.8) is 0 Å². The van der Waals surface area contributed by atoms with Crippen molar-refractivity contribution >= 4 is 5.91 Å². The Morgan fingerprint density at radius 3 is 2.42 bits per heavy atom. The summed E-state index contributed by atoms with van der Waals surface area (Å²) in [6, 6.07) is 7.50. The Balaban J connectivity index is 1.76. The van der Waals surface area contributed by atoms with Gasteiger partial charge in [0, 0.05) is 18.7 Å². The molecular weight excluding hydrogens is 240 g/mol. The molecule has 1 aromatic carbocycles. The summed E-state index contributed by atoms with van der Waals surface area (Å²) in [7, 11) is 0. The summed E-state index contributed by atoms with van der Waals surface area (Å²) >= 11 is 0. The lowest BCUT2D eigenvalue weighted by Crippen LogP contribution is -2.35. The zero-order valence-corrected chi connectivity index (χ0v) is 10.7. The van der Waals surface area contributed by atoms with Crippen molar-refractivity contribution in [1.29, 1.82) is 0 Å². The van der Waals surface area contributed by atoms with E-state index in [-0.39, 0.29) is 5.91 Å². The van der Waals surface area contributed by atoms with Gasteiger partial charge >= 0.3 is 0 Å². The number of carbonyl (C=O) groups excluding carboxylic acids is 1. The van der Waals surface area contributed by atoms with E-state index in [1.807, 2.05) is 29.2 Å². The molecule has 0 atom stereocenters. The fourth-order valence-electron chi connectivity index (χ4n) is 2.38. The van der Waals surface area contributed by atoms with Gasteiger partial charge in [0.15, 0.2) is 0 Å². The molecule has 0 saturated carbocycles. The van der Waals surface area contributed by atoms with Gasteiger partial charge < -0.3 is 4.90 Å². The highest BCUT2D eigenvalue weighted by atomic mass is 16.2. The Bertz CT molecular complexity index is 541. The lowest BCUT2D eigenvalue weighted by atomic mass is 10.1. The lowest BCUT2D eigenvalue weighted by Gasteiger charge is -2.26. The van der Waals surface area contributed by atoms with E-state index >= 15 is 0 Å². The first-order valence-corrected chi connectivity index (χ1v) is 6.59. The van der Waals surface area contributed by atoms with Crippen molar-refractivity contribution in [3.05, 3.63) is 42.5 Å². The minimum Gasteiger partial charge on any atom is -0.339 e. The Labute approximate surface area is 111 Å². The van der Waals surface area contributed by atoms with Gasteiger partial charge in [0.05, 0.1) is 5.69 Å². The van der Waals surface area contributed by atoms with Gasteiger partial charge in [0.2, 0.25) is 0 Å². The number of piperidine rings is 1. The van der Waals surface area contributed by atoms with Crippen LogP contribution in [-0.4, -0.2) is 38.7 Å². The molecule has 1 saturated heterocycles. The van der Waals surface area contributed by atoms with Crippen LogP contribution in [0.4, 0.5) is 0 Å². The molecule has 98 valence electrons. The van der Waals surface area contributed by atoms with Gasteiger partial charge in [-0.05, 0) is 43.5 Å². The van der Waals surface area contributed by atoms with Crippen LogP contribution >= 0.6 is 0 Å². The zero-order chi connectivity index (χ0) is 13.1. The van der Waals surface area contributed by atoms with Gasteiger partial charge in [0.1, 0.15) is 12.7 Å². The fourth-order valence-corrected chi connectivity index (χ4v) is 2.38. The van der Waals surface area contributed by atoms with E-state index < -0.39 is 0 Å². The second-order valence-electron chi connectivity index (χ2n) is 4.74. The van der Waals surface area contributed by atoms with Crippen LogP contribution in [0.2, 0.25) is 0 Å². The molecule has 2 heterocycles. The number of rotatable bonds is 2. The average molecular weight is 256 g/mol. The second-order valence-corrected chi connectivity index (χ2v) is 4.74. The van der Waals surface area contributed by atoms with Gasteiger partial charge in [-0.3, -0.25) is 4.79 Å². The maximum absolute atomic E-state index is 12.3. The number of likely N-dealkylation sites (tertiary alicyclic amines) is 1. The monoisotopic (exact) mass is 256 g/mol. The van der Waals surface area contributed by atoms with E-state index in [0.717, 1.165) is 37.2 Å². The SMILES string of the molecule is O=C(c1ccc(-n2cncn2)cc1)N1CCCCC1. The van der Waals surface area contributed by atoms with Crippen molar-refractivity contribution < 1.29 is 4.79 Å². The molecule has 0 aliphatic carbocycles. The van der Waals surface area contributed by atoms with Gasteiger partial charge in [-0.1, -0.05) is 0 Å². The first-order valence-electron chi connectivity index (χ1n) is 6.59. The normalized spacial score (nSPS) is 15.5. The van der Waals surface area contributed by atoms with E-state index in [9.17, 15) is 4.79 Å². The Morgan fingerprint density at radius 1 is 1.05 bits per heavy atom. The predicted molar refractivity (Wildman–Crippen MR) is 71.1 cm³/mol. The Morgan fingerprint density at radius 2 is 1.79 bits per heavy atom. The van der Waals surface area contributed by atoms with Crippen molar-refractivity contribution in [2.45, 2.75) is 19.3 Å². The van der Waals surface area contributed by atoms with Crippen LogP contribution in [0, 0.1) is 0 Å². The maximum Gasteiger partial charge on any atom is 0.253 e. The molecule has 5 nitrogen and oxygen atoms in total. The second kappa shape index (κ2) is 5.22. The Hall–Kier alpha value is -2.17. The van der Waals surface area contributed by atoms with Crippen LogP contribution < -0.4 is 0 Å². The highest BCUT2D eigenvalue weighted by molar-refractivity contribution is 5.94. The van der Waals surface area contributed by atoms with E-state index in [1.165, 1.54) is 12.7 Å². The Kier molecular flexibility index (Phi) is 3.27. The number of amides is 1. The third-order valence-electron chi connectivity index (χ3n) is 3.44. The molecule has 1 aliphatic rings. The van der Waals surface area contributed by atoms with Crippen LogP contribution in [0.3, 0.4) is 0 Å². The largest absolute Gasteiger partial charge is 0.339 e. The number of hydrogen-bond acceptors (Lipinski definition) is 3. The molecule has 19 heavy (non-hydrogen) atoms. The third kappa shape index (κ3) is 2.50. The first kappa shape index (κ1) is 11.9. The summed E-state index contributed by atoms with van der Waals surface area (Å²) in [5.74, 6) is 0.129. The summed E-state index contributed by atoms with van der Waals surface area (Å²) in [4.78, 5) is 18.1. The molecule has 2 aromatic rings. The van der Waals surface area contributed by atoms with Crippen LogP contribution in [0.25, 0.3) is 5.69 Å². The molecule has 0 spiro atoms. The first-order chi connectivity index (χ1) is 9.34. The molecule has 0 radical (unpaired) electrons. The fraction of sp³-hybridized carbons (Fsp3) is 0.357. The average Bonchev–Trinajstić information content (AvgIpc) is 3.02. The molecule has 1 aromatic heterocycles. The van der Waals surface area contributed by atoms with Gasteiger partial charge in [-0.2, -0.15) is 5.10 Å². The summed E-state index contributed by atoms with van der Waals surface area (Å²) in [6.45, 7) is 1.76. The summed E-state index contributed by atoms with van der Waals surface area (Å²) in [5.41, 5.74) is 1.65. The van der Waals surface area contributed by atoms with Gasteiger partial charge in [-0.15, -0.1) is 0 Å². The zero-order valence-electron chi connectivity index (χ0n) is 10.7. The van der Waals surface area contributed by atoms with Gasteiger partial charge in [-0.25, -0.2) is 9.67 Å². The van der Waals surface area contributed by atoms with Gasteiger partial charge in [0.25, 0.3) is 5.91 Å². The summed E-state index contributed by atoms with van der Waals surface area (Å²) in [5, 5.41) is 4.06. The van der Waals surface area contributed by atoms with Crippen LogP contribution in [0.15, 0.2) is 36.9 Å². The molecular formula is C14H16N4O. The van der Waals surface area contributed by atoms with E-state index in [1.54, 1.807) is 11.0 Å². The minimum absolute atomic E-state index is 0.129. The standard InChI is InChI=1S/C14H16N4O/c19-14(17-8-2-1-3-9-17)12-4-6-13(7-5-12)18-11-15-10-16-18/h4-7,10-11H,1-3,8-9H2.